The third-order valence-corrected chi connectivity index (χ3v) is 4.18. The molecular weight excluding hydrogens is 396 g/mol. The first-order chi connectivity index (χ1) is 12.1. The van der Waals surface area contributed by atoms with E-state index in [1.807, 2.05) is 12.1 Å². The van der Waals surface area contributed by atoms with Crippen LogP contribution in [0.2, 0.25) is 0 Å². The molecule has 0 saturated carbocycles. The van der Waals surface area contributed by atoms with Crippen LogP contribution in [-0.2, 0) is 4.74 Å². The lowest BCUT2D eigenvalue weighted by Gasteiger charge is -2.16. The van der Waals surface area contributed by atoms with Gasteiger partial charge in [-0.15, -0.1) is 0 Å². The molecule has 3 rings (SSSR count). The van der Waals surface area contributed by atoms with Gasteiger partial charge in [-0.25, -0.2) is 4.68 Å². The van der Waals surface area contributed by atoms with Crippen LogP contribution < -0.4 is 0 Å². The second-order valence-corrected chi connectivity index (χ2v) is 6.28. The first kappa shape index (κ1) is 17.7. The van der Waals surface area contributed by atoms with Crippen molar-refractivity contribution in [3.05, 3.63) is 53.2 Å². The molecule has 132 valence electrons. The number of ether oxygens (including phenoxy) is 1. The third kappa shape index (κ3) is 4.10. The van der Waals surface area contributed by atoms with Crippen LogP contribution in [0.5, 0.6) is 0 Å². The Morgan fingerprint density at radius 3 is 2.68 bits per heavy atom. The van der Waals surface area contributed by atoms with E-state index in [0.29, 0.717) is 29.0 Å². The maximum atomic E-state index is 12.7. The second kappa shape index (κ2) is 7.83. The maximum absolute atomic E-state index is 12.7. The van der Waals surface area contributed by atoms with E-state index in [9.17, 15) is 8.78 Å². The second-order valence-electron chi connectivity index (χ2n) is 5.37. The summed E-state index contributed by atoms with van der Waals surface area (Å²) in [6.45, 7) is -2.12. The minimum atomic E-state index is -2.66. The van der Waals surface area contributed by atoms with E-state index < -0.39 is 6.55 Å². The normalized spacial score (nSPS) is 12.7. The van der Waals surface area contributed by atoms with Crippen LogP contribution >= 0.6 is 15.9 Å². The smallest absolute Gasteiger partial charge is 0.333 e. The fourth-order valence-electron chi connectivity index (χ4n) is 2.47. The zero-order valence-corrected chi connectivity index (χ0v) is 15.0. The van der Waals surface area contributed by atoms with Crippen molar-refractivity contribution in [2.24, 2.45) is 0 Å². The number of nitrogens with zero attached hydrogens (tertiary/aromatic N) is 5. The maximum Gasteiger partial charge on any atom is 0.333 e. The van der Waals surface area contributed by atoms with E-state index in [-0.39, 0.29) is 6.04 Å². The molecule has 9 heteroatoms. The number of methoxy groups -OCH3 is 1. The fourth-order valence-corrected chi connectivity index (χ4v) is 2.71. The molecule has 0 radical (unpaired) electrons. The molecule has 0 spiro atoms. The molecule has 0 aliphatic rings. The van der Waals surface area contributed by atoms with E-state index in [1.165, 1.54) is 12.3 Å². The first-order valence-electron chi connectivity index (χ1n) is 7.56. The lowest BCUT2D eigenvalue weighted by Crippen LogP contribution is -2.14. The van der Waals surface area contributed by atoms with Gasteiger partial charge in [0.25, 0.3) is 0 Å². The molecule has 0 bridgehead atoms. The largest absolute Gasteiger partial charge is 0.385 e. The summed E-state index contributed by atoms with van der Waals surface area (Å²) >= 11 is 3.37. The van der Waals surface area contributed by atoms with Crippen LogP contribution in [0.25, 0.3) is 11.3 Å². The van der Waals surface area contributed by atoms with Gasteiger partial charge in [0.05, 0.1) is 23.6 Å². The van der Waals surface area contributed by atoms with Gasteiger partial charge in [-0.05, 0) is 40.5 Å². The highest BCUT2D eigenvalue weighted by atomic mass is 79.9. The topological polar surface area (TPSA) is 57.8 Å². The molecule has 1 atom stereocenters. The first-order valence-corrected chi connectivity index (χ1v) is 8.36. The van der Waals surface area contributed by atoms with Crippen molar-refractivity contribution in [2.45, 2.75) is 19.0 Å². The van der Waals surface area contributed by atoms with Gasteiger partial charge in [-0.3, -0.25) is 9.67 Å². The number of rotatable bonds is 7. The molecule has 0 aliphatic heterocycles. The average Bonchev–Trinajstić information content (AvgIpc) is 3.26. The summed E-state index contributed by atoms with van der Waals surface area (Å²) in [6.07, 6.45) is 7.04. The average molecular weight is 412 g/mol. The summed E-state index contributed by atoms with van der Waals surface area (Å²) in [4.78, 5) is 4.44. The van der Waals surface area contributed by atoms with E-state index in [2.05, 4.69) is 31.1 Å². The molecule has 0 fully saturated rings. The van der Waals surface area contributed by atoms with Crippen molar-refractivity contribution in [2.75, 3.05) is 13.7 Å². The monoisotopic (exact) mass is 411 g/mol. The van der Waals surface area contributed by atoms with Crippen LogP contribution in [0.4, 0.5) is 8.78 Å². The lowest BCUT2D eigenvalue weighted by molar-refractivity contribution is 0.0568. The lowest BCUT2D eigenvalue weighted by atomic mass is 10.1. The standard InChI is InChI=1S/C16H16BrF2N5O/c1-25-7-5-15(14-3-2-12(17)9-20-14)24-10-11(8-21-24)13-4-6-23(22-13)16(18)19/h2-4,6,8-10,15-16H,5,7H2,1H3. The SMILES string of the molecule is COCCC(c1ccc(Br)cn1)n1cc(-c2ccn(C(F)F)n2)cn1. The molecule has 25 heavy (non-hydrogen) atoms. The number of alkyl halides is 2. The Morgan fingerprint density at radius 2 is 2.04 bits per heavy atom. The van der Waals surface area contributed by atoms with E-state index >= 15 is 0 Å². The Labute approximate surface area is 151 Å². The molecule has 0 saturated heterocycles. The number of halogens is 3. The number of pyridine rings is 1. The molecule has 3 aromatic rings. The predicted molar refractivity (Wildman–Crippen MR) is 91.3 cm³/mol. The zero-order valence-electron chi connectivity index (χ0n) is 13.4. The van der Waals surface area contributed by atoms with Crippen LogP contribution in [0.15, 0.2) is 47.5 Å². The van der Waals surface area contributed by atoms with Gasteiger partial charge in [-0.1, -0.05) is 0 Å². The molecule has 0 aromatic carbocycles. The van der Waals surface area contributed by atoms with Crippen LogP contribution in [0, 0.1) is 0 Å². The van der Waals surface area contributed by atoms with Crippen LogP contribution in [-0.4, -0.2) is 38.3 Å². The van der Waals surface area contributed by atoms with Crippen LogP contribution in [0.1, 0.15) is 24.7 Å². The van der Waals surface area contributed by atoms with E-state index in [4.69, 9.17) is 4.74 Å². The van der Waals surface area contributed by atoms with E-state index in [1.54, 1.807) is 30.4 Å². The summed E-state index contributed by atoms with van der Waals surface area (Å²) in [6, 6.07) is 5.24. The van der Waals surface area contributed by atoms with Gasteiger partial charge < -0.3 is 4.74 Å². The van der Waals surface area contributed by atoms with Gasteiger partial charge in [0.15, 0.2) is 0 Å². The van der Waals surface area contributed by atoms with Gasteiger partial charge >= 0.3 is 6.55 Å². The molecule has 0 amide bonds. The van der Waals surface area contributed by atoms with Gasteiger partial charge in [0, 0.05) is 42.3 Å². The summed E-state index contributed by atoms with van der Waals surface area (Å²) in [5, 5.41) is 8.24. The van der Waals surface area contributed by atoms with E-state index in [0.717, 1.165) is 10.2 Å². The Morgan fingerprint density at radius 1 is 1.20 bits per heavy atom. The van der Waals surface area contributed by atoms with Crippen molar-refractivity contribution < 1.29 is 13.5 Å². The number of hydrogen-bond donors (Lipinski definition) is 0. The zero-order chi connectivity index (χ0) is 17.8. The molecule has 0 aliphatic carbocycles. The molecule has 1 unspecified atom stereocenters. The number of hydrogen-bond acceptors (Lipinski definition) is 4. The van der Waals surface area contributed by atoms with Crippen molar-refractivity contribution in [1.29, 1.82) is 0 Å². The third-order valence-electron chi connectivity index (χ3n) is 3.71. The minimum Gasteiger partial charge on any atom is -0.385 e. The Kier molecular flexibility index (Phi) is 5.54. The summed E-state index contributed by atoms with van der Waals surface area (Å²) in [7, 11) is 1.64. The van der Waals surface area contributed by atoms with Crippen molar-refractivity contribution in [1.82, 2.24) is 24.5 Å². The predicted octanol–water partition coefficient (Wildman–Crippen LogP) is 3.93. The molecule has 0 N–H and O–H groups in total. The Bertz CT molecular complexity index is 818. The van der Waals surface area contributed by atoms with Crippen LogP contribution in [0.3, 0.4) is 0 Å². The van der Waals surface area contributed by atoms with Gasteiger partial charge in [0.1, 0.15) is 0 Å². The summed E-state index contributed by atoms with van der Waals surface area (Å²) in [5.74, 6) is 0. The van der Waals surface area contributed by atoms with Gasteiger partial charge in [-0.2, -0.15) is 19.0 Å². The van der Waals surface area contributed by atoms with Gasteiger partial charge in [0.2, 0.25) is 0 Å². The Hall–Kier alpha value is -2.13. The highest BCUT2D eigenvalue weighted by molar-refractivity contribution is 9.10. The quantitative estimate of drug-likeness (QED) is 0.590. The highest BCUT2D eigenvalue weighted by Crippen LogP contribution is 2.25. The minimum absolute atomic E-state index is 0.126. The van der Waals surface area contributed by atoms with Crippen molar-refractivity contribution >= 4 is 15.9 Å². The molecular formula is C16H16BrF2N5O. The summed E-state index contributed by atoms with van der Waals surface area (Å²) < 4.78 is 33.8. The molecule has 3 heterocycles. The molecule has 6 nitrogen and oxygen atoms in total. The fraction of sp³-hybridized carbons (Fsp3) is 0.312. The van der Waals surface area contributed by atoms with Crippen molar-refractivity contribution in [3.63, 3.8) is 0 Å². The Balaban J connectivity index is 1.88. The highest BCUT2D eigenvalue weighted by Gasteiger charge is 2.18. The summed E-state index contributed by atoms with van der Waals surface area (Å²) in [5.41, 5.74) is 1.95. The number of aromatic nitrogens is 5. The molecule has 3 aromatic heterocycles. The van der Waals surface area contributed by atoms with Crippen molar-refractivity contribution in [3.8, 4) is 11.3 Å².